The topological polar surface area (TPSA) is 101 Å². The van der Waals surface area contributed by atoms with E-state index in [1.54, 1.807) is 24.3 Å². The van der Waals surface area contributed by atoms with E-state index in [0.29, 0.717) is 11.6 Å². The van der Waals surface area contributed by atoms with Crippen molar-refractivity contribution in [3.63, 3.8) is 0 Å². The Labute approximate surface area is 209 Å². The average Bonchev–Trinajstić information content (AvgIpc) is 3.06. The standard InChI is InChI=1S/C26H30N4O4S/c1-4-14-34-25(33)19-12-8-9-13-20(19)30-23(31)21(29-18-10-6-5-7-11-18)22(24(30)32)35-26-27-16(2)15-17(3)28-26/h8-9,12-13,15,18,29H,4-7,10-11,14H2,1-3H3. The zero-order chi connectivity index (χ0) is 24.9. The Morgan fingerprint density at radius 3 is 2.46 bits per heavy atom. The number of amides is 2. The molecule has 2 amide bonds. The molecule has 184 valence electrons. The first kappa shape index (κ1) is 24.9. The van der Waals surface area contributed by atoms with Crippen LogP contribution in [0.25, 0.3) is 0 Å². The second-order valence-corrected chi connectivity index (χ2v) is 9.80. The van der Waals surface area contributed by atoms with Gasteiger partial charge in [0.2, 0.25) is 0 Å². The predicted molar refractivity (Wildman–Crippen MR) is 134 cm³/mol. The number of hydrogen-bond donors (Lipinski definition) is 1. The Hall–Kier alpha value is -3.20. The van der Waals surface area contributed by atoms with Crippen LogP contribution in [0.15, 0.2) is 46.1 Å². The Morgan fingerprint density at radius 2 is 1.77 bits per heavy atom. The van der Waals surface area contributed by atoms with Crippen molar-refractivity contribution in [1.82, 2.24) is 15.3 Å². The summed E-state index contributed by atoms with van der Waals surface area (Å²) in [5, 5.41) is 3.76. The van der Waals surface area contributed by atoms with Crippen LogP contribution < -0.4 is 10.2 Å². The largest absolute Gasteiger partial charge is 0.462 e. The highest BCUT2D eigenvalue weighted by atomic mass is 32.2. The van der Waals surface area contributed by atoms with Crippen molar-refractivity contribution < 1.29 is 19.1 Å². The van der Waals surface area contributed by atoms with E-state index in [2.05, 4.69) is 15.3 Å². The van der Waals surface area contributed by atoms with Gasteiger partial charge in [0.05, 0.1) is 17.9 Å². The zero-order valence-electron chi connectivity index (χ0n) is 20.3. The summed E-state index contributed by atoms with van der Waals surface area (Å²) in [6, 6.07) is 8.50. The number of nitrogens with zero attached hydrogens (tertiary/aromatic N) is 3. The van der Waals surface area contributed by atoms with Gasteiger partial charge in [-0.2, -0.15) is 0 Å². The number of imide groups is 1. The fraction of sp³-hybridized carbons (Fsp3) is 0.423. The highest BCUT2D eigenvalue weighted by molar-refractivity contribution is 8.04. The highest BCUT2D eigenvalue weighted by Gasteiger charge is 2.42. The van der Waals surface area contributed by atoms with Crippen LogP contribution in [0.4, 0.5) is 5.69 Å². The summed E-state index contributed by atoms with van der Waals surface area (Å²) in [5.74, 6) is -1.55. The smallest absolute Gasteiger partial charge is 0.340 e. The van der Waals surface area contributed by atoms with Gasteiger partial charge in [-0.25, -0.2) is 19.7 Å². The number of hydrogen-bond acceptors (Lipinski definition) is 8. The lowest BCUT2D eigenvalue weighted by Crippen LogP contribution is -2.38. The summed E-state index contributed by atoms with van der Waals surface area (Å²) in [4.78, 5) is 50.3. The van der Waals surface area contributed by atoms with E-state index < -0.39 is 17.8 Å². The first-order valence-electron chi connectivity index (χ1n) is 12.0. The summed E-state index contributed by atoms with van der Waals surface area (Å²) in [6.07, 6.45) is 5.85. The Kier molecular flexibility index (Phi) is 7.85. The van der Waals surface area contributed by atoms with Crippen LogP contribution in [0, 0.1) is 13.8 Å². The molecule has 1 aromatic carbocycles. The summed E-state index contributed by atoms with van der Waals surface area (Å²) < 4.78 is 5.30. The van der Waals surface area contributed by atoms with Crippen molar-refractivity contribution in [3.05, 3.63) is 57.9 Å². The van der Waals surface area contributed by atoms with Gasteiger partial charge in [-0.3, -0.25) is 9.59 Å². The molecule has 1 aromatic heterocycles. The van der Waals surface area contributed by atoms with Crippen LogP contribution in [0.5, 0.6) is 0 Å². The van der Waals surface area contributed by atoms with Crippen molar-refractivity contribution in [2.75, 3.05) is 11.5 Å². The van der Waals surface area contributed by atoms with Crippen molar-refractivity contribution in [1.29, 1.82) is 0 Å². The monoisotopic (exact) mass is 494 g/mol. The van der Waals surface area contributed by atoms with Crippen LogP contribution in [0.1, 0.15) is 67.2 Å². The van der Waals surface area contributed by atoms with Gasteiger partial charge < -0.3 is 10.1 Å². The summed E-state index contributed by atoms with van der Waals surface area (Å²) in [7, 11) is 0. The van der Waals surface area contributed by atoms with Gasteiger partial charge in [0, 0.05) is 17.4 Å². The first-order chi connectivity index (χ1) is 16.9. The quantitative estimate of drug-likeness (QED) is 0.326. The molecule has 1 aliphatic heterocycles. The number of aromatic nitrogens is 2. The van der Waals surface area contributed by atoms with E-state index in [9.17, 15) is 14.4 Å². The molecule has 35 heavy (non-hydrogen) atoms. The molecule has 2 heterocycles. The maximum absolute atomic E-state index is 13.7. The second-order valence-electron chi connectivity index (χ2n) is 8.82. The molecule has 9 heteroatoms. The molecule has 0 radical (unpaired) electrons. The summed E-state index contributed by atoms with van der Waals surface area (Å²) >= 11 is 1.08. The predicted octanol–water partition coefficient (Wildman–Crippen LogP) is 4.46. The number of carbonyl (C=O) groups excluding carboxylic acids is 3. The third-order valence-corrected chi connectivity index (χ3v) is 6.90. The second kappa shape index (κ2) is 11.0. The van der Waals surface area contributed by atoms with Gasteiger partial charge in [0.1, 0.15) is 10.6 Å². The fourth-order valence-electron chi connectivity index (χ4n) is 4.35. The average molecular weight is 495 g/mol. The van der Waals surface area contributed by atoms with Gasteiger partial charge in [-0.15, -0.1) is 0 Å². The number of rotatable bonds is 8. The highest BCUT2D eigenvalue weighted by Crippen LogP contribution is 2.37. The SMILES string of the molecule is CCCOC(=O)c1ccccc1N1C(=O)C(NC2CCCCC2)=C(Sc2nc(C)cc(C)n2)C1=O. The molecule has 1 saturated carbocycles. The number of aryl methyl sites for hydroxylation is 2. The third-order valence-electron chi connectivity index (χ3n) is 5.95. The van der Waals surface area contributed by atoms with Crippen LogP contribution in [0.2, 0.25) is 0 Å². The minimum atomic E-state index is -0.566. The number of benzene rings is 1. The molecule has 2 aliphatic rings. The van der Waals surface area contributed by atoms with Gasteiger partial charge in [0.15, 0.2) is 5.16 Å². The van der Waals surface area contributed by atoms with Gasteiger partial charge >= 0.3 is 5.97 Å². The maximum atomic E-state index is 13.7. The minimum absolute atomic E-state index is 0.107. The first-order valence-corrected chi connectivity index (χ1v) is 12.9. The maximum Gasteiger partial charge on any atom is 0.340 e. The molecular formula is C26H30N4O4S. The number of thioether (sulfide) groups is 1. The molecule has 1 aliphatic carbocycles. The molecule has 4 rings (SSSR count). The van der Waals surface area contributed by atoms with Crippen LogP contribution >= 0.6 is 11.8 Å². The van der Waals surface area contributed by atoms with Crippen LogP contribution in [0.3, 0.4) is 0 Å². The molecule has 1 fully saturated rings. The van der Waals surface area contributed by atoms with Crippen molar-refractivity contribution in [3.8, 4) is 0 Å². The van der Waals surface area contributed by atoms with Gasteiger partial charge in [-0.1, -0.05) is 38.3 Å². The molecule has 8 nitrogen and oxygen atoms in total. The zero-order valence-corrected chi connectivity index (χ0v) is 21.1. The number of esters is 1. The molecule has 0 unspecified atom stereocenters. The number of ether oxygens (including phenoxy) is 1. The van der Waals surface area contributed by atoms with Gasteiger partial charge in [0.25, 0.3) is 11.8 Å². The van der Waals surface area contributed by atoms with Crippen molar-refractivity contribution in [2.24, 2.45) is 0 Å². The lowest BCUT2D eigenvalue weighted by Gasteiger charge is -2.24. The van der Waals surface area contributed by atoms with Crippen LogP contribution in [-0.2, 0) is 14.3 Å². The third kappa shape index (κ3) is 5.56. The lowest BCUT2D eigenvalue weighted by molar-refractivity contribution is -0.120. The number of nitrogens with one attached hydrogen (secondary N) is 1. The molecule has 0 bridgehead atoms. The van der Waals surface area contributed by atoms with E-state index in [0.717, 1.165) is 53.7 Å². The van der Waals surface area contributed by atoms with E-state index in [1.807, 2.05) is 26.8 Å². The molecule has 1 N–H and O–H groups in total. The normalized spacial score (nSPS) is 16.7. The van der Waals surface area contributed by atoms with E-state index in [-0.39, 0.29) is 34.5 Å². The van der Waals surface area contributed by atoms with Crippen LogP contribution in [-0.4, -0.2) is 40.4 Å². The van der Waals surface area contributed by atoms with Crippen molar-refractivity contribution in [2.45, 2.75) is 70.5 Å². The number of carbonyl (C=O) groups is 3. The van der Waals surface area contributed by atoms with Crippen molar-refractivity contribution >= 4 is 35.2 Å². The van der Waals surface area contributed by atoms with E-state index >= 15 is 0 Å². The molecule has 0 atom stereocenters. The van der Waals surface area contributed by atoms with Gasteiger partial charge in [-0.05, 0) is 63.1 Å². The molecular weight excluding hydrogens is 464 g/mol. The Morgan fingerprint density at radius 1 is 1.09 bits per heavy atom. The molecule has 0 spiro atoms. The lowest BCUT2D eigenvalue weighted by atomic mass is 9.95. The summed E-state index contributed by atoms with van der Waals surface area (Å²) in [5.41, 5.74) is 2.18. The summed E-state index contributed by atoms with van der Waals surface area (Å²) in [6.45, 7) is 5.88. The molecule has 2 aromatic rings. The van der Waals surface area contributed by atoms with E-state index in [4.69, 9.17) is 4.74 Å². The molecule has 0 saturated heterocycles. The fourth-order valence-corrected chi connectivity index (χ4v) is 5.33. The Balaban J connectivity index is 1.72. The number of para-hydroxylation sites is 1. The number of anilines is 1. The Bertz CT molecular complexity index is 1150. The minimum Gasteiger partial charge on any atom is -0.462 e. The van der Waals surface area contributed by atoms with E-state index in [1.165, 1.54) is 6.42 Å².